The average molecular weight is 291 g/mol. The van der Waals surface area contributed by atoms with Crippen molar-refractivity contribution in [2.24, 2.45) is 0 Å². The second-order valence-corrected chi connectivity index (χ2v) is 4.22. The molecule has 0 aliphatic heterocycles. The molecule has 0 unspecified atom stereocenters. The monoisotopic (exact) mass is 291 g/mol. The molecule has 4 nitrogen and oxygen atoms in total. The van der Waals surface area contributed by atoms with Gasteiger partial charge in [-0.05, 0) is 36.4 Å². The first-order valence-corrected chi connectivity index (χ1v) is 5.95. The fourth-order valence-electron chi connectivity index (χ4n) is 1.75. The zero-order valence-electron chi connectivity index (χ0n) is 10.5. The van der Waals surface area contributed by atoms with Gasteiger partial charge in [-0.1, -0.05) is 0 Å². The molecule has 0 spiro atoms. The molecule has 0 amide bonds. The maximum absolute atomic E-state index is 12.5. The average Bonchev–Trinajstić information content (AvgIpc) is 2.97. The zero-order valence-corrected chi connectivity index (χ0v) is 10.5. The van der Waals surface area contributed by atoms with Gasteiger partial charge in [-0.3, -0.25) is 4.98 Å². The molecule has 0 aliphatic carbocycles. The number of hydrogen-bond donors (Lipinski definition) is 0. The van der Waals surface area contributed by atoms with Crippen LogP contribution in [0.4, 0.5) is 13.2 Å². The fourth-order valence-corrected chi connectivity index (χ4v) is 1.75. The Kier molecular flexibility index (Phi) is 3.17. The molecule has 0 saturated heterocycles. The summed E-state index contributed by atoms with van der Waals surface area (Å²) in [6.07, 6.45) is -1.20. The van der Waals surface area contributed by atoms with Crippen molar-refractivity contribution >= 4 is 0 Å². The van der Waals surface area contributed by atoms with Crippen molar-refractivity contribution in [3.05, 3.63) is 54.4 Å². The summed E-state index contributed by atoms with van der Waals surface area (Å²) < 4.78 is 42.9. The Morgan fingerprint density at radius 2 is 1.29 bits per heavy atom. The van der Waals surface area contributed by atoms with Crippen molar-refractivity contribution in [1.82, 2.24) is 15.2 Å². The van der Waals surface area contributed by atoms with Gasteiger partial charge in [0, 0.05) is 23.5 Å². The minimum atomic E-state index is -4.37. The SMILES string of the molecule is FC(F)(F)c1ccc(-c2nnc(-c3ccncc3)o2)cc1. The van der Waals surface area contributed by atoms with Crippen molar-refractivity contribution in [3.63, 3.8) is 0 Å². The Balaban J connectivity index is 1.90. The number of benzene rings is 1. The molecule has 0 atom stereocenters. The van der Waals surface area contributed by atoms with E-state index in [2.05, 4.69) is 15.2 Å². The third-order valence-corrected chi connectivity index (χ3v) is 2.81. The van der Waals surface area contributed by atoms with Gasteiger partial charge in [0.2, 0.25) is 11.8 Å². The van der Waals surface area contributed by atoms with E-state index in [1.165, 1.54) is 12.1 Å². The Labute approximate surface area is 117 Å². The van der Waals surface area contributed by atoms with Crippen LogP contribution in [0.2, 0.25) is 0 Å². The van der Waals surface area contributed by atoms with Gasteiger partial charge in [-0.2, -0.15) is 13.2 Å². The van der Waals surface area contributed by atoms with Crippen molar-refractivity contribution in [3.8, 4) is 22.9 Å². The van der Waals surface area contributed by atoms with Crippen LogP contribution in [0.1, 0.15) is 5.56 Å². The largest absolute Gasteiger partial charge is 0.416 e. The minimum absolute atomic E-state index is 0.163. The predicted octanol–water partition coefficient (Wildman–Crippen LogP) is 3.82. The van der Waals surface area contributed by atoms with Crippen LogP contribution < -0.4 is 0 Å². The molecular weight excluding hydrogens is 283 g/mol. The highest BCUT2D eigenvalue weighted by Gasteiger charge is 2.30. The third-order valence-electron chi connectivity index (χ3n) is 2.81. The van der Waals surface area contributed by atoms with Gasteiger partial charge in [0.15, 0.2) is 0 Å². The lowest BCUT2D eigenvalue weighted by Crippen LogP contribution is -2.03. The molecule has 7 heteroatoms. The van der Waals surface area contributed by atoms with Crippen LogP contribution in [0.15, 0.2) is 53.2 Å². The summed E-state index contributed by atoms with van der Waals surface area (Å²) in [7, 11) is 0. The highest BCUT2D eigenvalue weighted by Crippen LogP contribution is 2.31. The topological polar surface area (TPSA) is 51.8 Å². The second-order valence-electron chi connectivity index (χ2n) is 4.22. The number of nitrogens with zero attached hydrogens (tertiary/aromatic N) is 3. The van der Waals surface area contributed by atoms with E-state index in [1.807, 2.05) is 0 Å². The summed E-state index contributed by atoms with van der Waals surface area (Å²) in [5, 5.41) is 7.70. The quantitative estimate of drug-likeness (QED) is 0.720. The summed E-state index contributed by atoms with van der Waals surface area (Å²) in [4.78, 5) is 3.87. The molecule has 0 N–H and O–H groups in total. The summed E-state index contributed by atoms with van der Waals surface area (Å²) >= 11 is 0. The van der Waals surface area contributed by atoms with Crippen LogP contribution in [-0.2, 0) is 6.18 Å². The molecule has 3 aromatic rings. The van der Waals surface area contributed by atoms with Gasteiger partial charge in [0.25, 0.3) is 0 Å². The maximum atomic E-state index is 12.5. The highest BCUT2D eigenvalue weighted by molar-refractivity contribution is 5.57. The normalized spacial score (nSPS) is 11.6. The van der Waals surface area contributed by atoms with E-state index in [-0.39, 0.29) is 11.8 Å². The molecule has 2 aromatic heterocycles. The fraction of sp³-hybridized carbons (Fsp3) is 0.0714. The number of alkyl halides is 3. The van der Waals surface area contributed by atoms with Gasteiger partial charge in [0.05, 0.1) is 5.56 Å². The van der Waals surface area contributed by atoms with Crippen LogP contribution in [-0.4, -0.2) is 15.2 Å². The number of halogens is 3. The molecule has 0 saturated carbocycles. The maximum Gasteiger partial charge on any atom is 0.416 e. The summed E-state index contributed by atoms with van der Waals surface area (Å²) in [5.41, 5.74) is 0.395. The van der Waals surface area contributed by atoms with Crippen molar-refractivity contribution in [2.75, 3.05) is 0 Å². The number of hydrogen-bond acceptors (Lipinski definition) is 4. The first-order valence-electron chi connectivity index (χ1n) is 5.95. The van der Waals surface area contributed by atoms with Crippen LogP contribution in [0, 0.1) is 0 Å². The number of aromatic nitrogens is 3. The first kappa shape index (κ1) is 13.3. The van der Waals surface area contributed by atoms with E-state index >= 15 is 0 Å². The smallest absolute Gasteiger partial charge is 0.416 e. The number of pyridine rings is 1. The van der Waals surface area contributed by atoms with E-state index in [0.29, 0.717) is 11.1 Å². The van der Waals surface area contributed by atoms with Gasteiger partial charge in [-0.25, -0.2) is 0 Å². The van der Waals surface area contributed by atoms with Crippen molar-refractivity contribution in [2.45, 2.75) is 6.18 Å². The summed E-state index contributed by atoms with van der Waals surface area (Å²) in [6, 6.07) is 7.95. The molecule has 0 aliphatic rings. The molecule has 21 heavy (non-hydrogen) atoms. The minimum Gasteiger partial charge on any atom is -0.416 e. The Hall–Kier alpha value is -2.70. The standard InChI is InChI=1S/C14H8F3N3O/c15-14(16,17)11-3-1-9(2-4-11)12-19-20-13(21-12)10-5-7-18-8-6-10/h1-8H. The molecule has 1 aromatic carbocycles. The Bertz CT molecular complexity index is 736. The number of rotatable bonds is 2. The van der Waals surface area contributed by atoms with E-state index in [4.69, 9.17) is 4.42 Å². The van der Waals surface area contributed by atoms with Crippen LogP contribution >= 0.6 is 0 Å². The lowest BCUT2D eigenvalue weighted by atomic mass is 10.1. The van der Waals surface area contributed by atoms with Crippen molar-refractivity contribution in [1.29, 1.82) is 0 Å². The summed E-state index contributed by atoms with van der Waals surface area (Å²) in [5.74, 6) is 0.447. The Morgan fingerprint density at radius 1 is 0.762 bits per heavy atom. The van der Waals surface area contributed by atoms with Crippen LogP contribution in [0.25, 0.3) is 22.9 Å². The van der Waals surface area contributed by atoms with E-state index < -0.39 is 11.7 Å². The molecule has 106 valence electrons. The predicted molar refractivity (Wildman–Crippen MR) is 68.0 cm³/mol. The zero-order chi connectivity index (χ0) is 14.9. The molecule has 0 bridgehead atoms. The van der Waals surface area contributed by atoms with E-state index in [0.717, 1.165) is 12.1 Å². The second kappa shape index (κ2) is 5.01. The highest BCUT2D eigenvalue weighted by atomic mass is 19.4. The molecule has 0 radical (unpaired) electrons. The van der Waals surface area contributed by atoms with Gasteiger partial charge < -0.3 is 4.42 Å². The third kappa shape index (κ3) is 2.76. The van der Waals surface area contributed by atoms with Crippen LogP contribution in [0.3, 0.4) is 0 Å². The molecule has 0 fully saturated rings. The van der Waals surface area contributed by atoms with E-state index in [1.54, 1.807) is 24.5 Å². The van der Waals surface area contributed by atoms with Crippen molar-refractivity contribution < 1.29 is 17.6 Å². The summed E-state index contributed by atoms with van der Waals surface area (Å²) in [6.45, 7) is 0. The lowest BCUT2D eigenvalue weighted by Gasteiger charge is -2.05. The molecular formula is C14H8F3N3O. The lowest BCUT2D eigenvalue weighted by molar-refractivity contribution is -0.137. The Morgan fingerprint density at radius 3 is 1.81 bits per heavy atom. The van der Waals surface area contributed by atoms with Gasteiger partial charge in [-0.15, -0.1) is 10.2 Å². The van der Waals surface area contributed by atoms with E-state index in [9.17, 15) is 13.2 Å². The molecule has 3 rings (SSSR count). The van der Waals surface area contributed by atoms with Gasteiger partial charge in [0.1, 0.15) is 0 Å². The molecule has 2 heterocycles. The first-order chi connectivity index (χ1) is 10.0. The van der Waals surface area contributed by atoms with Gasteiger partial charge >= 0.3 is 6.18 Å². The van der Waals surface area contributed by atoms with Crippen LogP contribution in [0.5, 0.6) is 0 Å².